The minimum atomic E-state index is -6.01. The molecule has 15 heteroatoms. The molecule has 2 N–H and O–H groups in total. The van der Waals surface area contributed by atoms with Gasteiger partial charge in [-0.05, 0) is 96.3 Å². The summed E-state index contributed by atoms with van der Waals surface area (Å²) in [5.41, 5.74) is -0.760. The fourth-order valence-corrected chi connectivity index (χ4v) is 10.7. The number of thioether (sulfide) groups is 1. The zero-order chi connectivity index (χ0) is 42.6. The molecule has 0 radical (unpaired) electrons. The molecule has 1 heterocycles. The highest BCUT2D eigenvalue weighted by molar-refractivity contribution is 7.99. The summed E-state index contributed by atoms with van der Waals surface area (Å²) in [6.45, 7) is 12.4. The number of sulfonamides is 1. The Hall–Kier alpha value is -4.31. The van der Waals surface area contributed by atoms with Crippen LogP contribution in [0.15, 0.2) is 123 Å². The van der Waals surface area contributed by atoms with E-state index in [9.17, 15) is 34.8 Å². The van der Waals surface area contributed by atoms with Crippen LogP contribution in [0.3, 0.4) is 0 Å². The molecule has 1 fully saturated rings. The molecule has 1 unspecified atom stereocenters. The van der Waals surface area contributed by atoms with Crippen LogP contribution in [0.1, 0.15) is 62.9 Å². The largest absolute Gasteiger partial charge is 0.501 e. The molecule has 4 aromatic rings. The minimum Gasteiger partial charge on any atom is -0.380 e. The molecule has 9 nitrogen and oxygen atoms in total. The molecule has 1 aliphatic heterocycles. The number of nitrogens with one attached hydrogen (secondary N) is 2. The number of anilines is 2. The van der Waals surface area contributed by atoms with Crippen molar-refractivity contribution < 1.29 is 34.8 Å². The maximum atomic E-state index is 14.0. The number of carbonyl (C=O) groups is 1. The second kappa shape index (κ2) is 18.1. The van der Waals surface area contributed by atoms with Gasteiger partial charge < -0.3 is 10.2 Å². The molecular weight excluding hydrogens is 818 g/mol. The molecule has 1 aliphatic carbocycles. The fraction of sp³-hybridized carbons (Fsp3) is 0.386. The number of rotatable bonds is 14. The normalized spacial score (nSPS) is 17.2. The molecule has 316 valence electrons. The van der Waals surface area contributed by atoms with Crippen LogP contribution >= 0.6 is 11.8 Å². The average molecular weight is 869 g/mol. The number of benzene rings is 4. The van der Waals surface area contributed by atoms with Crippen LogP contribution in [0.5, 0.6) is 0 Å². The lowest BCUT2D eigenvalue weighted by Gasteiger charge is -2.39. The van der Waals surface area contributed by atoms with Gasteiger partial charge in [-0.25, -0.2) is 21.6 Å². The standard InChI is InChI=1S/C44H51F3N4O5S3/c1-31(2)40(30-57-36-13-9-6-10-14-36)48-39-20-19-37(27-41(39)58(53,54)44(45,46)47)59(55,56)49-42(52)33-15-17-35(18-16-33)51-25-23-50(24-26-51)29-34-28-43(3,4)22-21-38(34)32-11-7-5-8-12-32/h5-20,27,31,40,48H,21-26,28-30H2,1-4H3,(H,49,52). The lowest BCUT2D eigenvalue weighted by Crippen LogP contribution is -2.47. The van der Waals surface area contributed by atoms with Crippen LogP contribution in [0.2, 0.25) is 0 Å². The highest BCUT2D eigenvalue weighted by atomic mass is 32.2. The van der Waals surface area contributed by atoms with Gasteiger partial charge in [0.05, 0.1) is 10.6 Å². The lowest BCUT2D eigenvalue weighted by molar-refractivity contribution is -0.0435. The third-order valence-corrected chi connectivity index (χ3v) is 15.0. The van der Waals surface area contributed by atoms with E-state index < -0.39 is 52.8 Å². The number of carbonyl (C=O) groups excluding carboxylic acids is 1. The van der Waals surface area contributed by atoms with Gasteiger partial charge in [0.2, 0.25) is 0 Å². The van der Waals surface area contributed by atoms with Crippen molar-refractivity contribution in [3.8, 4) is 0 Å². The van der Waals surface area contributed by atoms with Gasteiger partial charge in [0.15, 0.2) is 0 Å². The lowest BCUT2D eigenvalue weighted by atomic mass is 9.73. The SMILES string of the molecule is CC(C)C(CSc1ccccc1)Nc1ccc(S(=O)(=O)NC(=O)c2ccc(N3CCN(CC4=C(c5ccccc5)CCC(C)(C)C4)CC3)cc2)cc1S(=O)(=O)C(F)(F)F. The van der Waals surface area contributed by atoms with Crippen LogP contribution in [0.4, 0.5) is 24.5 Å². The molecule has 0 bridgehead atoms. The van der Waals surface area contributed by atoms with E-state index in [-0.39, 0.29) is 16.9 Å². The molecule has 6 rings (SSSR count). The smallest absolute Gasteiger partial charge is 0.380 e. The van der Waals surface area contributed by atoms with Crippen LogP contribution < -0.4 is 14.9 Å². The molecule has 59 heavy (non-hydrogen) atoms. The van der Waals surface area contributed by atoms with Gasteiger partial charge >= 0.3 is 5.51 Å². The van der Waals surface area contributed by atoms with Gasteiger partial charge in [-0.2, -0.15) is 13.2 Å². The molecule has 2 aliphatic rings. The maximum Gasteiger partial charge on any atom is 0.501 e. The summed E-state index contributed by atoms with van der Waals surface area (Å²) in [7, 11) is -10.8. The van der Waals surface area contributed by atoms with Crippen LogP contribution in [0.25, 0.3) is 5.57 Å². The van der Waals surface area contributed by atoms with Crippen LogP contribution in [-0.4, -0.2) is 77.7 Å². The molecule has 1 atom stereocenters. The summed E-state index contributed by atoms with van der Waals surface area (Å²) >= 11 is 1.44. The van der Waals surface area contributed by atoms with Crippen LogP contribution in [0, 0.1) is 11.3 Å². The predicted molar refractivity (Wildman–Crippen MR) is 230 cm³/mol. The Balaban J connectivity index is 1.12. The fourth-order valence-electron chi connectivity index (χ4n) is 7.49. The van der Waals surface area contributed by atoms with E-state index in [0.29, 0.717) is 11.8 Å². The Morgan fingerprint density at radius 2 is 1.47 bits per heavy atom. The van der Waals surface area contributed by atoms with E-state index in [4.69, 9.17) is 0 Å². The summed E-state index contributed by atoms with van der Waals surface area (Å²) in [4.78, 5) is 16.8. The van der Waals surface area contributed by atoms with Crippen molar-refractivity contribution in [3.05, 3.63) is 120 Å². The van der Waals surface area contributed by atoms with Gasteiger partial charge in [0, 0.05) is 60.7 Å². The van der Waals surface area contributed by atoms with E-state index in [2.05, 4.69) is 53.2 Å². The van der Waals surface area contributed by atoms with Gasteiger partial charge in [-0.3, -0.25) is 9.69 Å². The Morgan fingerprint density at radius 1 is 0.847 bits per heavy atom. The number of hydrogen-bond acceptors (Lipinski definition) is 9. The van der Waals surface area contributed by atoms with E-state index in [1.54, 1.807) is 12.1 Å². The third kappa shape index (κ3) is 10.9. The zero-order valence-electron chi connectivity index (χ0n) is 33.6. The molecule has 0 saturated carbocycles. The highest BCUT2D eigenvalue weighted by Crippen LogP contribution is 2.43. The van der Waals surface area contributed by atoms with Gasteiger partial charge in [-0.15, -0.1) is 11.8 Å². The average Bonchev–Trinajstić information content (AvgIpc) is 3.19. The number of amides is 1. The van der Waals surface area contributed by atoms with E-state index in [0.717, 1.165) is 74.7 Å². The number of alkyl halides is 3. The molecule has 0 spiro atoms. The summed E-state index contributed by atoms with van der Waals surface area (Å²) in [5, 5.41) is 2.91. The molecule has 4 aromatic carbocycles. The topological polar surface area (TPSA) is 116 Å². The minimum absolute atomic E-state index is 0.00775. The molecule has 1 amide bonds. The zero-order valence-corrected chi connectivity index (χ0v) is 36.1. The second-order valence-electron chi connectivity index (χ2n) is 16.3. The Bertz CT molecular complexity index is 2350. The number of allylic oxidation sites excluding steroid dienone is 1. The Kier molecular flexibility index (Phi) is 13.6. The quantitative estimate of drug-likeness (QED) is 0.120. The molecule has 0 aromatic heterocycles. The first kappa shape index (κ1) is 44.2. The summed E-state index contributed by atoms with van der Waals surface area (Å²) in [6.07, 6.45) is 3.27. The summed E-state index contributed by atoms with van der Waals surface area (Å²) in [5.74, 6) is -0.776. The van der Waals surface area contributed by atoms with Crippen molar-refractivity contribution in [3.63, 3.8) is 0 Å². The van der Waals surface area contributed by atoms with Crippen molar-refractivity contribution in [1.29, 1.82) is 0 Å². The van der Waals surface area contributed by atoms with Crippen molar-refractivity contribution in [1.82, 2.24) is 9.62 Å². The van der Waals surface area contributed by atoms with Crippen molar-refractivity contribution in [2.75, 3.05) is 48.7 Å². The Labute approximate surface area is 350 Å². The van der Waals surface area contributed by atoms with Gasteiger partial charge in [0.25, 0.3) is 25.8 Å². The second-order valence-corrected chi connectivity index (χ2v) is 20.9. The number of sulfone groups is 1. The number of halogens is 3. The highest BCUT2D eigenvalue weighted by Gasteiger charge is 2.48. The van der Waals surface area contributed by atoms with Crippen molar-refractivity contribution in [2.24, 2.45) is 11.3 Å². The number of nitrogens with zero attached hydrogens (tertiary/aromatic N) is 2. The first-order valence-electron chi connectivity index (χ1n) is 19.6. The first-order valence-corrected chi connectivity index (χ1v) is 23.6. The van der Waals surface area contributed by atoms with E-state index in [1.165, 1.54) is 40.6 Å². The monoisotopic (exact) mass is 868 g/mol. The number of hydrogen-bond donors (Lipinski definition) is 2. The first-order chi connectivity index (χ1) is 27.8. The number of piperazine rings is 1. The summed E-state index contributed by atoms with van der Waals surface area (Å²) in [6, 6.07) is 28.3. The molecular formula is C44H51F3N4O5S3. The summed E-state index contributed by atoms with van der Waals surface area (Å²) < 4.78 is 96.3. The predicted octanol–water partition coefficient (Wildman–Crippen LogP) is 9.11. The van der Waals surface area contributed by atoms with Crippen molar-refractivity contribution >= 4 is 54.5 Å². The third-order valence-electron chi connectivity index (χ3n) is 11.0. The maximum absolute atomic E-state index is 14.0. The Morgan fingerprint density at radius 3 is 2.08 bits per heavy atom. The molecule has 1 saturated heterocycles. The van der Waals surface area contributed by atoms with E-state index in [1.807, 2.05) is 55.0 Å². The van der Waals surface area contributed by atoms with E-state index >= 15 is 0 Å². The van der Waals surface area contributed by atoms with Gasteiger partial charge in [0.1, 0.15) is 4.90 Å². The van der Waals surface area contributed by atoms with Crippen LogP contribution in [-0.2, 0) is 19.9 Å². The van der Waals surface area contributed by atoms with Gasteiger partial charge in [-0.1, -0.05) is 81.8 Å². The van der Waals surface area contributed by atoms with Crippen molar-refractivity contribution in [2.45, 2.75) is 73.2 Å².